The Balaban J connectivity index is 1.22. The van der Waals surface area contributed by atoms with E-state index in [1.807, 2.05) is 26.8 Å². The number of sulfonamides is 1. The predicted octanol–water partition coefficient (Wildman–Crippen LogP) is 4.25. The minimum atomic E-state index is -4.58. The molecule has 0 radical (unpaired) electrons. The first kappa shape index (κ1) is 43.7. The van der Waals surface area contributed by atoms with Crippen molar-refractivity contribution in [2.45, 2.75) is 126 Å². The number of rotatable bonds is 11. The number of aromatic nitrogens is 3. The molecule has 2 saturated carbocycles. The molecule has 5 atom stereocenters. The summed E-state index contributed by atoms with van der Waals surface area (Å²) in [6, 6.07) is 3.78. The molecule has 2 aliphatic heterocycles. The SMILES string of the molecule is COc1ccc2c(OC3CC4C(=O)NC5(C(=O)NS(=O)(=O)C6CC6)CC5C=CCCCCCC(NC(=O)c5ccn(CC(F)(F)F)n5)C(=O)N4C3)cc(OC(C)C)nc2c1C. The Hall–Kier alpha value is -5.40. The summed E-state index contributed by atoms with van der Waals surface area (Å²) in [5.41, 5.74) is -0.682. The van der Waals surface area contributed by atoms with Gasteiger partial charge >= 0.3 is 6.18 Å². The van der Waals surface area contributed by atoms with Gasteiger partial charge in [0.25, 0.3) is 11.8 Å². The molecule has 16 nitrogen and oxygen atoms in total. The summed E-state index contributed by atoms with van der Waals surface area (Å²) in [6.07, 6.45) is 2.45. The number of benzene rings is 1. The molecule has 4 aliphatic rings. The zero-order chi connectivity index (χ0) is 43.9. The Labute approximate surface area is 351 Å². The van der Waals surface area contributed by atoms with Crippen LogP contribution in [0.2, 0.25) is 0 Å². The lowest BCUT2D eigenvalue weighted by molar-refractivity contribution is -0.142. The van der Waals surface area contributed by atoms with Gasteiger partial charge in [0.15, 0.2) is 0 Å². The minimum Gasteiger partial charge on any atom is -0.496 e. The number of nitrogens with one attached hydrogen (secondary N) is 3. The standard InChI is InChI=1S/C41H50F3N7O9S/c1-23(2)59-34-19-33(28-14-15-32(58-4)24(3)35(28)46-34)60-26-18-31-37(53)47-40(39(55)49-61(56,57)27-12-13-27)20-25(40)10-8-6-5-7-9-11-30(38(54)51(31)21-26)45-36(52)29-16-17-50(48-29)22-41(42,43)44/h8,10,14-17,19,23,25-27,30-31H,5-7,9,11-13,18,20-22H2,1-4H3,(H,45,52)(H,47,53)(H,49,55). The maximum atomic E-state index is 14.7. The summed E-state index contributed by atoms with van der Waals surface area (Å²) in [7, 11) is -2.43. The highest BCUT2D eigenvalue weighted by Gasteiger charge is 2.62. The van der Waals surface area contributed by atoms with E-state index in [-0.39, 0.29) is 43.5 Å². The number of allylic oxidation sites excluding steroid dienone is 1. The predicted molar refractivity (Wildman–Crippen MR) is 214 cm³/mol. The highest BCUT2D eigenvalue weighted by atomic mass is 32.2. The van der Waals surface area contributed by atoms with Crippen LogP contribution in [0.3, 0.4) is 0 Å². The molecule has 7 rings (SSSR count). The summed E-state index contributed by atoms with van der Waals surface area (Å²) in [5.74, 6) is -2.46. The fraction of sp³-hybridized carbons (Fsp3) is 0.561. The maximum Gasteiger partial charge on any atom is 0.408 e. The third-order valence-electron chi connectivity index (χ3n) is 11.4. The van der Waals surface area contributed by atoms with Crippen LogP contribution in [0.5, 0.6) is 17.4 Å². The molecule has 1 saturated heterocycles. The molecule has 330 valence electrons. The Morgan fingerprint density at radius 3 is 2.56 bits per heavy atom. The van der Waals surface area contributed by atoms with Crippen LogP contribution in [0, 0.1) is 12.8 Å². The molecule has 1 aromatic carbocycles. The van der Waals surface area contributed by atoms with Crippen LogP contribution in [0.25, 0.3) is 10.9 Å². The molecule has 4 heterocycles. The van der Waals surface area contributed by atoms with Gasteiger partial charge in [-0.15, -0.1) is 0 Å². The number of aryl methyl sites for hydroxylation is 1. The Bertz CT molecular complexity index is 2330. The van der Waals surface area contributed by atoms with Gasteiger partial charge in [0.05, 0.1) is 30.5 Å². The quantitative estimate of drug-likeness (QED) is 0.233. The average molecular weight is 874 g/mol. The van der Waals surface area contributed by atoms with E-state index in [1.165, 1.54) is 12.0 Å². The summed E-state index contributed by atoms with van der Waals surface area (Å²) >= 11 is 0. The second-order valence-electron chi connectivity index (χ2n) is 16.4. The molecule has 3 fully saturated rings. The summed E-state index contributed by atoms with van der Waals surface area (Å²) in [6.45, 7) is 3.96. The number of nitrogens with zero attached hydrogens (tertiary/aromatic N) is 4. The lowest BCUT2D eigenvalue weighted by atomic mass is 10.0. The van der Waals surface area contributed by atoms with Gasteiger partial charge in [0.2, 0.25) is 27.7 Å². The van der Waals surface area contributed by atoms with Crippen molar-refractivity contribution in [1.82, 2.24) is 35.0 Å². The molecule has 61 heavy (non-hydrogen) atoms. The van der Waals surface area contributed by atoms with E-state index in [9.17, 15) is 40.8 Å². The number of carbonyl (C=O) groups is 4. The molecule has 2 aliphatic carbocycles. The van der Waals surface area contributed by atoms with Gasteiger partial charge in [-0.05, 0) is 77.5 Å². The van der Waals surface area contributed by atoms with E-state index < -0.39 is 81.3 Å². The van der Waals surface area contributed by atoms with Crippen LogP contribution in [0.15, 0.2) is 42.6 Å². The number of methoxy groups -OCH3 is 1. The molecule has 3 aromatic rings. The van der Waals surface area contributed by atoms with Crippen molar-refractivity contribution < 1.29 is 55.0 Å². The molecular formula is C41H50F3N7O9S. The maximum absolute atomic E-state index is 14.7. The van der Waals surface area contributed by atoms with Crippen LogP contribution in [0.4, 0.5) is 13.2 Å². The minimum absolute atomic E-state index is 0.0714. The number of amides is 4. The van der Waals surface area contributed by atoms with E-state index in [1.54, 1.807) is 24.3 Å². The summed E-state index contributed by atoms with van der Waals surface area (Å²) in [5, 5.41) is 9.16. The van der Waals surface area contributed by atoms with E-state index >= 15 is 0 Å². The monoisotopic (exact) mass is 873 g/mol. The molecular weight excluding hydrogens is 824 g/mol. The highest BCUT2D eigenvalue weighted by molar-refractivity contribution is 7.91. The fourth-order valence-corrected chi connectivity index (χ4v) is 9.35. The van der Waals surface area contributed by atoms with Gasteiger partial charge in [0, 0.05) is 35.6 Å². The van der Waals surface area contributed by atoms with E-state index in [4.69, 9.17) is 19.2 Å². The largest absolute Gasteiger partial charge is 0.496 e. The number of alkyl halides is 3. The van der Waals surface area contributed by atoms with Crippen LogP contribution in [-0.2, 0) is 31.0 Å². The smallest absolute Gasteiger partial charge is 0.408 e. The van der Waals surface area contributed by atoms with Crippen molar-refractivity contribution in [3.63, 3.8) is 0 Å². The zero-order valence-electron chi connectivity index (χ0n) is 34.3. The van der Waals surface area contributed by atoms with Crippen molar-refractivity contribution >= 4 is 44.6 Å². The zero-order valence-corrected chi connectivity index (χ0v) is 35.1. The van der Waals surface area contributed by atoms with Crippen molar-refractivity contribution in [2.24, 2.45) is 5.92 Å². The molecule has 0 bridgehead atoms. The van der Waals surface area contributed by atoms with Crippen LogP contribution in [0.1, 0.15) is 87.7 Å². The van der Waals surface area contributed by atoms with E-state index in [0.29, 0.717) is 65.6 Å². The summed E-state index contributed by atoms with van der Waals surface area (Å²) in [4.78, 5) is 62.6. The first-order valence-corrected chi connectivity index (χ1v) is 22.0. The lowest BCUT2D eigenvalue weighted by Gasteiger charge is -2.29. The molecule has 0 spiro atoms. The van der Waals surface area contributed by atoms with Crippen LogP contribution < -0.4 is 29.6 Å². The number of carbonyl (C=O) groups excluding carboxylic acids is 4. The lowest BCUT2D eigenvalue weighted by Crippen LogP contribution is -2.58. The highest BCUT2D eigenvalue weighted by Crippen LogP contribution is 2.46. The number of fused-ring (bicyclic) bond motifs is 3. The van der Waals surface area contributed by atoms with Crippen molar-refractivity contribution in [2.75, 3.05) is 13.7 Å². The molecule has 20 heteroatoms. The van der Waals surface area contributed by atoms with Gasteiger partial charge < -0.3 is 29.7 Å². The van der Waals surface area contributed by atoms with Crippen LogP contribution in [-0.4, -0.2) is 107 Å². The first-order chi connectivity index (χ1) is 28.9. The third kappa shape index (κ3) is 9.89. The van der Waals surface area contributed by atoms with Gasteiger partial charge in [-0.1, -0.05) is 25.0 Å². The average Bonchev–Trinajstić information content (AvgIpc) is 4.07. The van der Waals surface area contributed by atoms with Crippen molar-refractivity contribution in [1.29, 1.82) is 0 Å². The first-order valence-electron chi connectivity index (χ1n) is 20.5. The van der Waals surface area contributed by atoms with E-state index in [2.05, 4.69) is 20.5 Å². The molecule has 5 unspecified atom stereocenters. The van der Waals surface area contributed by atoms with Crippen molar-refractivity contribution in [3.8, 4) is 17.4 Å². The molecule has 4 amide bonds. The Kier molecular flexibility index (Phi) is 12.3. The Morgan fingerprint density at radius 2 is 1.85 bits per heavy atom. The van der Waals surface area contributed by atoms with Crippen molar-refractivity contribution in [3.05, 3.63) is 53.9 Å². The second-order valence-corrected chi connectivity index (χ2v) is 18.4. The van der Waals surface area contributed by atoms with Gasteiger partial charge in [-0.3, -0.25) is 28.6 Å². The topological polar surface area (TPSA) is 200 Å². The number of hydrogen-bond donors (Lipinski definition) is 3. The Morgan fingerprint density at radius 1 is 1.08 bits per heavy atom. The molecule has 2 aromatic heterocycles. The van der Waals surface area contributed by atoms with Gasteiger partial charge in [-0.25, -0.2) is 13.4 Å². The van der Waals surface area contributed by atoms with Gasteiger partial charge in [-0.2, -0.15) is 18.3 Å². The van der Waals surface area contributed by atoms with Crippen LogP contribution >= 0.6 is 0 Å². The number of hydrogen-bond acceptors (Lipinski definition) is 11. The number of halogens is 3. The van der Waals surface area contributed by atoms with Gasteiger partial charge in [0.1, 0.15) is 47.5 Å². The fourth-order valence-electron chi connectivity index (χ4n) is 7.99. The summed E-state index contributed by atoms with van der Waals surface area (Å²) < 4.78 is 85.9. The normalized spacial score (nSPS) is 24.9. The number of ether oxygens (including phenoxy) is 3. The van der Waals surface area contributed by atoms with E-state index in [0.717, 1.165) is 17.8 Å². The third-order valence-corrected chi connectivity index (χ3v) is 13.2. The molecule has 3 N–H and O–H groups in total. The second kappa shape index (κ2) is 17.2. The number of pyridine rings is 1.